The highest BCUT2D eigenvalue weighted by Crippen LogP contribution is 2.20. The fourth-order valence-electron chi connectivity index (χ4n) is 3.91. The summed E-state index contributed by atoms with van der Waals surface area (Å²) in [5.74, 6) is -2.96. The third-order valence-corrected chi connectivity index (χ3v) is 6.13. The largest absolute Gasteiger partial charge is 0.490 e. The molecule has 0 radical (unpaired) electrons. The number of para-hydroxylation sites is 1. The molecule has 1 fully saturated rings. The first-order valence-electron chi connectivity index (χ1n) is 11.9. The third-order valence-electron chi connectivity index (χ3n) is 6.13. The summed E-state index contributed by atoms with van der Waals surface area (Å²) >= 11 is 0. The van der Waals surface area contributed by atoms with Gasteiger partial charge in [0.25, 0.3) is 5.91 Å². The van der Waals surface area contributed by atoms with Gasteiger partial charge in [-0.3, -0.25) is 14.5 Å². The topological polar surface area (TPSA) is 107 Å². The van der Waals surface area contributed by atoms with Gasteiger partial charge in [-0.2, -0.15) is 13.2 Å². The van der Waals surface area contributed by atoms with Crippen LogP contribution >= 0.6 is 0 Å². The van der Waals surface area contributed by atoms with Crippen molar-refractivity contribution in [3.63, 3.8) is 0 Å². The van der Waals surface area contributed by atoms with Crippen molar-refractivity contribution in [1.29, 1.82) is 0 Å². The number of aliphatic carboxylic acids is 1. The van der Waals surface area contributed by atoms with Crippen molar-refractivity contribution in [3.05, 3.63) is 65.7 Å². The molecule has 1 saturated heterocycles. The molecule has 11 heteroatoms. The number of nitrogens with two attached hydrogens (primary N) is 1. The van der Waals surface area contributed by atoms with Crippen LogP contribution < -0.4 is 10.6 Å². The van der Waals surface area contributed by atoms with Crippen molar-refractivity contribution < 1.29 is 32.7 Å². The standard InChI is InChI=1S/C24H32N4O2.C2HF3O2/c1-3-26(2)22-13-8-14-27(17-22)23(29)18-28(21-11-5-4-6-12-21)24(30)20-10-7-9-19(15-20)16-25;3-2(4,5)1(6)7/h4-7,9-12,15,22H,3,8,13-14,16-18,25H2,1-2H3;(H,6,7). The molecule has 0 aromatic heterocycles. The minimum absolute atomic E-state index is 0.0172. The summed E-state index contributed by atoms with van der Waals surface area (Å²) in [6.07, 6.45) is -3.00. The number of carbonyl (C=O) groups excluding carboxylic acids is 2. The van der Waals surface area contributed by atoms with Crippen LogP contribution in [0.1, 0.15) is 35.7 Å². The zero-order chi connectivity index (χ0) is 27.6. The van der Waals surface area contributed by atoms with E-state index in [4.69, 9.17) is 15.6 Å². The van der Waals surface area contributed by atoms with Gasteiger partial charge in [0.05, 0.1) is 0 Å². The van der Waals surface area contributed by atoms with E-state index in [-0.39, 0.29) is 18.4 Å². The highest BCUT2D eigenvalue weighted by atomic mass is 19.4. The van der Waals surface area contributed by atoms with Crippen molar-refractivity contribution in [1.82, 2.24) is 9.80 Å². The fourth-order valence-corrected chi connectivity index (χ4v) is 3.91. The molecule has 2 amide bonds. The lowest BCUT2D eigenvalue weighted by Crippen LogP contribution is -2.51. The zero-order valence-corrected chi connectivity index (χ0v) is 20.9. The molecule has 8 nitrogen and oxygen atoms in total. The van der Waals surface area contributed by atoms with E-state index in [0.717, 1.165) is 31.5 Å². The summed E-state index contributed by atoms with van der Waals surface area (Å²) in [7, 11) is 2.10. The Morgan fingerprint density at radius 2 is 1.76 bits per heavy atom. The van der Waals surface area contributed by atoms with Gasteiger partial charge in [0.2, 0.25) is 5.91 Å². The highest BCUT2D eigenvalue weighted by Gasteiger charge is 2.38. The maximum Gasteiger partial charge on any atom is 0.490 e. The smallest absolute Gasteiger partial charge is 0.475 e. The summed E-state index contributed by atoms with van der Waals surface area (Å²) in [5.41, 5.74) is 7.89. The monoisotopic (exact) mass is 522 g/mol. The maximum absolute atomic E-state index is 13.4. The number of anilines is 1. The average molecular weight is 523 g/mol. The van der Waals surface area contributed by atoms with Crippen LogP contribution in [0.2, 0.25) is 0 Å². The van der Waals surface area contributed by atoms with Crippen LogP contribution in [0, 0.1) is 0 Å². The molecule has 1 unspecified atom stereocenters. The van der Waals surface area contributed by atoms with E-state index >= 15 is 0 Å². The maximum atomic E-state index is 13.4. The lowest BCUT2D eigenvalue weighted by atomic mass is 10.0. The second-order valence-corrected chi connectivity index (χ2v) is 8.64. The van der Waals surface area contributed by atoms with Crippen LogP contribution in [0.5, 0.6) is 0 Å². The molecular formula is C26H33F3N4O4. The van der Waals surface area contributed by atoms with Crippen molar-refractivity contribution in [3.8, 4) is 0 Å². The van der Waals surface area contributed by atoms with Gasteiger partial charge in [0, 0.05) is 36.9 Å². The van der Waals surface area contributed by atoms with E-state index < -0.39 is 12.1 Å². The molecule has 2 aromatic carbocycles. The quantitative estimate of drug-likeness (QED) is 0.578. The molecule has 3 N–H and O–H groups in total. The normalized spacial score (nSPS) is 15.5. The van der Waals surface area contributed by atoms with Crippen molar-refractivity contribution in [2.24, 2.45) is 5.73 Å². The molecule has 0 aliphatic carbocycles. The van der Waals surface area contributed by atoms with Gasteiger partial charge in [-0.05, 0) is 56.3 Å². The summed E-state index contributed by atoms with van der Waals surface area (Å²) in [6, 6.07) is 17.1. The number of nitrogens with zero attached hydrogens (tertiary/aromatic N) is 3. The summed E-state index contributed by atoms with van der Waals surface area (Å²) in [5, 5.41) is 7.12. The molecule has 0 bridgehead atoms. The molecule has 1 aliphatic heterocycles. The Labute approximate surface area is 214 Å². The second kappa shape index (κ2) is 13.8. The first kappa shape index (κ1) is 29.8. The molecule has 1 aliphatic rings. The number of likely N-dealkylation sites (tertiary alicyclic amines) is 1. The van der Waals surface area contributed by atoms with Crippen LogP contribution in [0.3, 0.4) is 0 Å². The molecule has 202 valence electrons. The predicted molar refractivity (Wildman–Crippen MR) is 134 cm³/mol. The van der Waals surface area contributed by atoms with Crippen molar-refractivity contribution in [2.45, 2.75) is 38.5 Å². The minimum atomic E-state index is -5.08. The molecule has 2 aromatic rings. The molecule has 3 rings (SSSR count). The highest BCUT2D eigenvalue weighted by molar-refractivity contribution is 6.08. The van der Waals surface area contributed by atoms with Gasteiger partial charge in [-0.15, -0.1) is 0 Å². The number of hydrogen-bond donors (Lipinski definition) is 2. The number of alkyl halides is 3. The van der Waals surface area contributed by atoms with E-state index in [2.05, 4.69) is 18.9 Å². The van der Waals surface area contributed by atoms with E-state index in [0.29, 0.717) is 30.4 Å². The van der Waals surface area contributed by atoms with Gasteiger partial charge in [0.15, 0.2) is 0 Å². The Morgan fingerprint density at radius 1 is 1.11 bits per heavy atom. The number of halogens is 3. The lowest BCUT2D eigenvalue weighted by Gasteiger charge is -2.38. The van der Waals surface area contributed by atoms with Crippen LogP contribution in [0.15, 0.2) is 54.6 Å². The minimum Gasteiger partial charge on any atom is -0.475 e. The van der Waals surface area contributed by atoms with Gasteiger partial charge in [-0.25, -0.2) is 4.79 Å². The number of carbonyl (C=O) groups is 3. The fraction of sp³-hybridized carbons (Fsp3) is 0.423. The SMILES string of the molecule is CCN(C)C1CCCN(C(=O)CN(C(=O)c2cccc(CN)c2)c2ccccc2)C1.O=C(O)C(F)(F)F. The van der Waals surface area contributed by atoms with E-state index in [9.17, 15) is 22.8 Å². The number of likely N-dealkylation sites (N-methyl/N-ethyl adjacent to an activating group) is 1. The number of hydrogen-bond acceptors (Lipinski definition) is 5. The summed E-state index contributed by atoms with van der Waals surface area (Å²) in [4.78, 5) is 41.2. The molecule has 1 heterocycles. The van der Waals surface area contributed by atoms with Gasteiger partial charge < -0.3 is 20.6 Å². The molecule has 1 atom stereocenters. The van der Waals surface area contributed by atoms with Crippen LogP contribution in [0.4, 0.5) is 18.9 Å². The van der Waals surface area contributed by atoms with Crippen LogP contribution in [-0.4, -0.2) is 78.1 Å². The Hall–Kier alpha value is -3.44. The first-order valence-corrected chi connectivity index (χ1v) is 11.9. The third kappa shape index (κ3) is 8.87. The Kier molecular flexibility index (Phi) is 11.1. The van der Waals surface area contributed by atoms with Crippen LogP contribution in [0.25, 0.3) is 0 Å². The Balaban J connectivity index is 0.000000604. The number of benzene rings is 2. The van der Waals surface area contributed by atoms with E-state index in [1.807, 2.05) is 47.4 Å². The molecule has 0 saturated carbocycles. The van der Waals surface area contributed by atoms with Gasteiger partial charge >= 0.3 is 12.1 Å². The summed E-state index contributed by atoms with van der Waals surface area (Å²) < 4.78 is 31.7. The Morgan fingerprint density at radius 3 is 2.32 bits per heavy atom. The zero-order valence-electron chi connectivity index (χ0n) is 20.9. The number of amides is 2. The first-order chi connectivity index (χ1) is 17.5. The van der Waals surface area contributed by atoms with E-state index in [1.165, 1.54) is 0 Å². The molecule has 0 spiro atoms. The predicted octanol–water partition coefficient (Wildman–Crippen LogP) is 3.37. The van der Waals surface area contributed by atoms with Gasteiger partial charge in [-0.1, -0.05) is 37.3 Å². The number of rotatable bonds is 7. The van der Waals surface area contributed by atoms with E-state index in [1.54, 1.807) is 17.0 Å². The van der Waals surface area contributed by atoms with Crippen LogP contribution in [-0.2, 0) is 16.1 Å². The number of carboxylic acids is 1. The van der Waals surface area contributed by atoms with Crippen molar-refractivity contribution in [2.75, 3.05) is 38.1 Å². The second-order valence-electron chi connectivity index (χ2n) is 8.64. The molecule has 37 heavy (non-hydrogen) atoms. The number of carboxylic acid groups (broad SMARTS) is 1. The Bertz CT molecular complexity index is 1050. The van der Waals surface area contributed by atoms with Crippen molar-refractivity contribution >= 4 is 23.5 Å². The summed E-state index contributed by atoms with van der Waals surface area (Å²) in [6.45, 7) is 4.93. The lowest BCUT2D eigenvalue weighted by molar-refractivity contribution is -0.192. The number of piperidine rings is 1. The van der Waals surface area contributed by atoms with Gasteiger partial charge in [0.1, 0.15) is 6.54 Å². The average Bonchev–Trinajstić information content (AvgIpc) is 2.91. The molecular weight excluding hydrogens is 489 g/mol.